The van der Waals surface area contributed by atoms with Gasteiger partial charge in [0.05, 0.1) is 37.5 Å². The van der Waals surface area contributed by atoms with Gasteiger partial charge in [-0.1, -0.05) is 0 Å². The van der Waals surface area contributed by atoms with Crippen molar-refractivity contribution in [3.8, 4) is 0 Å². The van der Waals surface area contributed by atoms with Gasteiger partial charge in [0.2, 0.25) is 0 Å². The lowest BCUT2D eigenvalue weighted by atomic mass is 10.3. The predicted molar refractivity (Wildman–Crippen MR) is 42.4 cm³/mol. The summed E-state index contributed by atoms with van der Waals surface area (Å²) in [5.41, 5.74) is 0. The standard InChI is InChI=1S/C8H20N.ClO2/c1-5-9(6-2,7-3)8-4;2-1-3/h5-8H2,1-4H3;/q+1;-1. The highest BCUT2D eigenvalue weighted by Gasteiger charge is 2.16. The highest BCUT2D eigenvalue weighted by Crippen LogP contribution is 2.03. The van der Waals surface area contributed by atoms with Gasteiger partial charge in [-0.25, -0.2) is 0 Å². The predicted octanol–water partition coefficient (Wildman–Crippen LogP) is -0.495. The first-order chi connectivity index (χ1) is 5.66. The summed E-state index contributed by atoms with van der Waals surface area (Å²) in [6.45, 7) is 14.2. The van der Waals surface area contributed by atoms with E-state index in [1.54, 1.807) is 0 Å². The molecule has 4 heteroatoms. The van der Waals surface area contributed by atoms with E-state index in [2.05, 4.69) is 27.7 Å². The molecule has 0 saturated carbocycles. The lowest BCUT2D eigenvalue weighted by molar-refractivity contribution is -1.41. The van der Waals surface area contributed by atoms with Crippen molar-refractivity contribution < 1.29 is 25.1 Å². The Labute approximate surface area is 79.7 Å². The topological polar surface area (TPSA) is 46.1 Å². The Morgan fingerprint density at radius 2 is 1.00 bits per heavy atom. The van der Waals surface area contributed by atoms with Gasteiger partial charge in [0.25, 0.3) is 0 Å². The molecule has 0 bridgehead atoms. The minimum absolute atomic E-state index is 0.417. The van der Waals surface area contributed by atoms with E-state index in [1.807, 2.05) is 0 Å². The largest absolute Gasteiger partial charge is 0.544 e. The number of rotatable bonds is 4. The molecule has 0 saturated heterocycles. The minimum atomic E-state index is -0.417. The molecule has 0 radical (unpaired) electrons. The van der Waals surface area contributed by atoms with Crippen LogP contribution in [0.3, 0.4) is 0 Å². The van der Waals surface area contributed by atoms with E-state index in [1.165, 1.54) is 30.7 Å². The fourth-order valence-electron chi connectivity index (χ4n) is 1.34. The third-order valence-electron chi connectivity index (χ3n) is 2.68. The Hall–Kier alpha value is 0.170. The van der Waals surface area contributed by atoms with Gasteiger partial charge in [0, 0.05) is 0 Å². The Bertz CT molecular complexity index is 69.6. The second kappa shape index (κ2) is 9.26. The zero-order valence-corrected chi connectivity index (χ0v) is 9.23. The van der Waals surface area contributed by atoms with Crippen LogP contribution in [0.5, 0.6) is 0 Å². The van der Waals surface area contributed by atoms with E-state index in [0.717, 1.165) is 0 Å². The van der Waals surface area contributed by atoms with E-state index in [9.17, 15) is 0 Å². The molecule has 0 unspecified atom stereocenters. The number of hydrogen-bond acceptors (Lipinski definition) is 2. The lowest BCUT2D eigenvalue weighted by Gasteiger charge is -2.34. The molecule has 0 amide bonds. The quantitative estimate of drug-likeness (QED) is 0.571. The molecule has 0 aromatic carbocycles. The molecule has 0 aliphatic carbocycles. The van der Waals surface area contributed by atoms with Crippen molar-refractivity contribution >= 4 is 0 Å². The van der Waals surface area contributed by atoms with Gasteiger partial charge in [-0.15, -0.1) is 0 Å². The SMILES string of the molecule is CC[N+](CC)(CC)CC.[O-][Cl+][O-]. The highest BCUT2D eigenvalue weighted by molar-refractivity contribution is 4.31. The molecule has 0 atom stereocenters. The monoisotopic (exact) mass is 197 g/mol. The van der Waals surface area contributed by atoms with Gasteiger partial charge in [-0.2, -0.15) is 0 Å². The van der Waals surface area contributed by atoms with Gasteiger partial charge in [0.1, 0.15) is 0 Å². The molecule has 3 nitrogen and oxygen atoms in total. The summed E-state index contributed by atoms with van der Waals surface area (Å²) in [4.78, 5) is 0. The molecule has 0 aromatic rings. The van der Waals surface area contributed by atoms with Crippen LogP contribution in [0.15, 0.2) is 0 Å². The average molecular weight is 198 g/mol. The van der Waals surface area contributed by atoms with Gasteiger partial charge in [-0.05, 0) is 27.7 Å². The van der Waals surface area contributed by atoms with Crippen LogP contribution in [0.4, 0.5) is 0 Å². The zero-order chi connectivity index (χ0) is 10.0. The summed E-state index contributed by atoms with van der Waals surface area (Å²) in [6, 6.07) is 0. The summed E-state index contributed by atoms with van der Waals surface area (Å²) in [5, 5.41) is 0. The van der Waals surface area contributed by atoms with Gasteiger partial charge < -0.3 is 13.8 Å². The van der Waals surface area contributed by atoms with Crippen molar-refractivity contribution in [2.75, 3.05) is 26.2 Å². The highest BCUT2D eigenvalue weighted by atomic mass is 35.6. The van der Waals surface area contributed by atoms with E-state index < -0.39 is 11.3 Å². The smallest absolute Gasteiger partial charge is 0.0878 e. The fraction of sp³-hybridized carbons (Fsp3) is 1.00. The van der Waals surface area contributed by atoms with E-state index in [0.29, 0.717) is 0 Å². The Morgan fingerprint density at radius 3 is 1.00 bits per heavy atom. The maximum Gasteiger partial charge on any atom is 0.0878 e. The molecular weight excluding hydrogens is 178 g/mol. The second-order valence-electron chi connectivity index (χ2n) is 2.67. The first-order valence-electron chi connectivity index (χ1n) is 4.40. The molecule has 0 aliphatic heterocycles. The van der Waals surface area contributed by atoms with E-state index in [4.69, 9.17) is 9.32 Å². The van der Waals surface area contributed by atoms with Crippen molar-refractivity contribution in [1.29, 1.82) is 0 Å². The van der Waals surface area contributed by atoms with Crippen molar-refractivity contribution in [3.63, 3.8) is 0 Å². The Morgan fingerprint density at radius 1 is 0.833 bits per heavy atom. The summed E-state index contributed by atoms with van der Waals surface area (Å²) in [7, 11) is 0. The molecule has 0 rings (SSSR count). The molecule has 76 valence electrons. The van der Waals surface area contributed by atoms with Crippen LogP contribution in [0.1, 0.15) is 27.7 Å². The van der Waals surface area contributed by atoms with Gasteiger partial charge in [-0.3, -0.25) is 0 Å². The Balaban J connectivity index is 0. The van der Waals surface area contributed by atoms with Crippen LogP contribution in [-0.2, 0) is 0 Å². The molecule has 0 aliphatic rings. The third kappa shape index (κ3) is 5.77. The first-order valence-corrected chi connectivity index (χ1v) is 5.02. The summed E-state index contributed by atoms with van der Waals surface area (Å²) in [6.07, 6.45) is 0. The fourth-order valence-corrected chi connectivity index (χ4v) is 1.34. The van der Waals surface area contributed by atoms with Crippen LogP contribution in [0, 0.1) is 11.3 Å². The van der Waals surface area contributed by atoms with Gasteiger partial charge in [0.15, 0.2) is 0 Å². The second-order valence-corrected chi connectivity index (χ2v) is 2.80. The molecule has 0 spiro atoms. The average Bonchev–Trinajstić information content (AvgIpc) is 2.11. The Kier molecular flexibility index (Phi) is 11.3. The molecule has 0 heterocycles. The molecule has 0 fully saturated rings. The van der Waals surface area contributed by atoms with Gasteiger partial charge >= 0.3 is 0 Å². The summed E-state index contributed by atoms with van der Waals surface area (Å²) < 4.78 is 17.8. The normalized spacial score (nSPS) is 10.5. The van der Waals surface area contributed by atoms with Crippen LogP contribution < -0.4 is 9.32 Å². The molecule has 0 N–H and O–H groups in total. The van der Waals surface area contributed by atoms with Crippen molar-refractivity contribution in [2.24, 2.45) is 0 Å². The maximum atomic E-state index is 8.24. The third-order valence-corrected chi connectivity index (χ3v) is 2.68. The minimum Gasteiger partial charge on any atom is -0.544 e. The van der Waals surface area contributed by atoms with E-state index >= 15 is 0 Å². The molecular formula is C8H20ClNO2. The maximum absolute atomic E-state index is 8.24. The van der Waals surface area contributed by atoms with E-state index in [-0.39, 0.29) is 0 Å². The molecule has 12 heavy (non-hydrogen) atoms. The molecule has 0 aromatic heterocycles. The lowest BCUT2D eigenvalue weighted by Crippen LogP contribution is -2.47. The number of quaternary nitrogens is 1. The van der Waals surface area contributed by atoms with Crippen LogP contribution >= 0.6 is 0 Å². The van der Waals surface area contributed by atoms with Crippen molar-refractivity contribution in [2.45, 2.75) is 27.7 Å². The number of halogens is 1. The number of hydrogen-bond donors (Lipinski definition) is 0. The first kappa shape index (κ1) is 14.7. The summed E-state index contributed by atoms with van der Waals surface area (Å²) in [5.74, 6) is 0. The van der Waals surface area contributed by atoms with Crippen LogP contribution in [0.2, 0.25) is 0 Å². The summed E-state index contributed by atoms with van der Waals surface area (Å²) >= 11 is -0.417. The number of nitrogens with zero attached hydrogens (tertiary/aromatic N) is 1. The van der Waals surface area contributed by atoms with Crippen molar-refractivity contribution in [3.05, 3.63) is 0 Å². The van der Waals surface area contributed by atoms with Crippen molar-refractivity contribution in [1.82, 2.24) is 0 Å². The zero-order valence-electron chi connectivity index (χ0n) is 8.47. The van der Waals surface area contributed by atoms with Crippen LogP contribution in [-0.4, -0.2) is 30.7 Å². The van der Waals surface area contributed by atoms with Crippen LogP contribution in [0.25, 0.3) is 0 Å².